The van der Waals surface area contributed by atoms with E-state index >= 15 is 0 Å². The van der Waals surface area contributed by atoms with Crippen molar-refractivity contribution in [2.45, 2.75) is 82.1 Å². The Kier molecular flexibility index (Phi) is 22.2. The van der Waals surface area contributed by atoms with E-state index in [2.05, 4.69) is 65.0 Å². The van der Waals surface area contributed by atoms with Crippen molar-refractivity contribution in [2.24, 2.45) is 0 Å². The molecule has 2 aromatic carbocycles. The van der Waals surface area contributed by atoms with Crippen molar-refractivity contribution in [2.75, 3.05) is 0 Å². The summed E-state index contributed by atoms with van der Waals surface area (Å²) in [6.45, 7) is 22.9. The summed E-state index contributed by atoms with van der Waals surface area (Å²) in [5.41, 5.74) is 5.54. The molecule has 0 fully saturated rings. The first-order chi connectivity index (χ1) is 11.5. The first-order valence-electron chi connectivity index (χ1n) is 9.59. The summed E-state index contributed by atoms with van der Waals surface area (Å²) in [5, 5.41) is 0. The third kappa shape index (κ3) is 14.1. The normalized spacial score (nSPS) is 8.17. The van der Waals surface area contributed by atoms with E-state index < -0.39 is 0 Å². The summed E-state index contributed by atoms with van der Waals surface area (Å²) < 4.78 is 0. The van der Waals surface area contributed by atoms with E-state index in [1.165, 1.54) is 22.3 Å². The second-order valence-corrected chi connectivity index (χ2v) is 5.15. The fourth-order valence-corrected chi connectivity index (χ4v) is 1.66. The highest BCUT2D eigenvalue weighted by atomic mass is 14.0. The number of benzene rings is 2. The third-order valence-electron chi connectivity index (χ3n) is 3.14. The summed E-state index contributed by atoms with van der Waals surface area (Å²) in [4.78, 5) is 0. The molecule has 138 valence electrons. The topological polar surface area (TPSA) is 0 Å². The summed E-state index contributed by atoms with van der Waals surface area (Å²) in [5.74, 6) is 0.647. The van der Waals surface area contributed by atoms with E-state index in [0.717, 1.165) is 0 Å². The second kappa shape index (κ2) is 19.5. The van der Waals surface area contributed by atoms with Crippen LogP contribution < -0.4 is 0 Å². The van der Waals surface area contributed by atoms with Gasteiger partial charge >= 0.3 is 0 Å². The van der Waals surface area contributed by atoms with Gasteiger partial charge in [-0.2, -0.15) is 0 Å². The van der Waals surface area contributed by atoms with Crippen molar-refractivity contribution in [1.29, 1.82) is 0 Å². The Balaban J connectivity index is -0.000000293. The lowest BCUT2D eigenvalue weighted by Gasteiger charge is -2.07. The SMILES string of the molecule is CC.CC.CC.Cc1ccc(C(C)C)cc1C.Cc1ccccc1. The molecule has 0 aromatic heterocycles. The Morgan fingerprint density at radius 1 is 0.583 bits per heavy atom. The van der Waals surface area contributed by atoms with Gasteiger partial charge in [0.05, 0.1) is 0 Å². The Bertz CT molecular complexity index is 467. The molecule has 0 amide bonds. The van der Waals surface area contributed by atoms with Crippen molar-refractivity contribution in [1.82, 2.24) is 0 Å². The van der Waals surface area contributed by atoms with E-state index in [1.54, 1.807) is 0 Å². The van der Waals surface area contributed by atoms with Gasteiger partial charge in [0.25, 0.3) is 0 Å². The molecule has 0 aliphatic rings. The minimum Gasteiger partial charge on any atom is -0.0683 e. The Morgan fingerprint density at radius 2 is 1.04 bits per heavy atom. The first kappa shape index (κ1) is 27.3. The van der Waals surface area contributed by atoms with E-state index in [0.29, 0.717) is 5.92 Å². The van der Waals surface area contributed by atoms with Crippen LogP contribution in [0.2, 0.25) is 0 Å². The summed E-state index contributed by atoms with van der Waals surface area (Å²) in [6, 6.07) is 17.0. The average molecular weight is 331 g/mol. The molecule has 0 radical (unpaired) electrons. The highest BCUT2D eigenvalue weighted by Crippen LogP contribution is 2.17. The van der Waals surface area contributed by atoms with Crippen LogP contribution in [0.15, 0.2) is 48.5 Å². The zero-order chi connectivity index (χ0) is 19.5. The van der Waals surface area contributed by atoms with Gasteiger partial charge in [0, 0.05) is 0 Å². The molecule has 24 heavy (non-hydrogen) atoms. The van der Waals surface area contributed by atoms with Crippen LogP contribution >= 0.6 is 0 Å². The molecule has 0 saturated carbocycles. The lowest BCUT2D eigenvalue weighted by atomic mass is 9.99. The van der Waals surface area contributed by atoms with Gasteiger partial charge in [-0.3, -0.25) is 0 Å². The minimum atomic E-state index is 0.647. The fraction of sp³-hybridized carbons (Fsp3) is 0.500. The van der Waals surface area contributed by atoms with Crippen molar-refractivity contribution in [3.8, 4) is 0 Å². The average Bonchev–Trinajstić information content (AvgIpc) is 2.63. The number of aryl methyl sites for hydroxylation is 3. The molecule has 2 rings (SSSR count). The number of hydrogen-bond acceptors (Lipinski definition) is 0. The smallest absolute Gasteiger partial charge is 0.0219 e. The van der Waals surface area contributed by atoms with Gasteiger partial charge in [-0.15, -0.1) is 0 Å². The largest absolute Gasteiger partial charge is 0.0683 e. The van der Waals surface area contributed by atoms with Crippen molar-refractivity contribution in [3.05, 3.63) is 70.8 Å². The summed E-state index contributed by atoms with van der Waals surface area (Å²) in [6.07, 6.45) is 0. The molecule has 0 unspecified atom stereocenters. The van der Waals surface area contributed by atoms with Gasteiger partial charge in [0.2, 0.25) is 0 Å². The lowest BCUT2D eigenvalue weighted by Crippen LogP contribution is -1.89. The maximum absolute atomic E-state index is 2.28. The molecule has 0 aliphatic carbocycles. The van der Waals surface area contributed by atoms with Crippen LogP contribution in [-0.2, 0) is 0 Å². The molecule has 2 aromatic rings. The van der Waals surface area contributed by atoms with Crippen molar-refractivity contribution in [3.63, 3.8) is 0 Å². The van der Waals surface area contributed by atoms with E-state index in [9.17, 15) is 0 Å². The maximum atomic E-state index is 2.28. The molecule has 0 saturated heterocycles. The van der Waals surface area contributed by atoms with Gasteiger partial charge in [0.15, 0.2) is 0 Å². The van der Waals surface area contributed by atoms with Crippen LogP contribution in [0.25, 0.3) is 0 Å². The molecular weight excluding hydrogens is 288 g/mol. The highest BCUT2D eigenvalue weighted by Gasteiger charge is 1.99. The Hall–Kier alpha value is -1.56. The quantitative estimate of drug-likeness (QED) is 0.491. The van der Waals surface area contributed by atoms with Crippen molar-refractivity contribution < 1.29 is 0 Å². The fourth-order valence-electron chi connectivity index (χ4n) is 1.66. The molecule has 0 spiro atoms. The standard InChI is InChI=1S/C11H16.C7H8.3C2H6/c1-8(2)11-6-5-9(3)10(4)7-11;1-7-5-3-2-4-6-7;3*1-2/h5-8H,1-4H3;2-6H,1H3;3*1-2H3. The monoisotopic (exact) mass is 330 g/mol. The second-order valence-electron chi connectivity index (χ2n) is 5.15. The molecule has 0 heteroatoms. The van der Waals surface area contributed by atoms with E-state index in [4.69, 9.17) is 0 Å². The number of hydrogen-bond donors (Lipinski definition) is 0. The van der Waals surface area contributed by atoms with Crippen LogP contribution in [0.3, 0.4) is 0 Å². The van der Waals surface area contributed by atoms with E-state index in [1.807, 2.05) is 59.7 Å². The van der Waals surface area contributed by atoms with Gasteiger partial charge in [0.1, 0.15) is 0 Å². The maximum Gasteiger partial charge on any atom is -0.0219 e. The molecule has 0 aliphatic heterocycles. The zero-order valence-corrected chi connectivity index (χ0v) is 18.2. The van der Waals surface area contributed by atoms with Crippen LogP contribution in [0, 0.1) is 20.8 Å². The molecule has 0 heterocycles. The number of rotatable bonds is 1. The van der Waals surface area contributed by atoms with Gasteiger partial charge in [-0.05, 0) is 43.4 Å². The molecule has 0 atom stereocenters. The van der Waals surface area contributed by atoms with Crippen LogP contribution in [0.1, 0.15) is 83.6 Å². The van der Waals surface area contributed by atoms with E-state index in [-0.39, 0.29) is 0 Å². The van der Waals surface area contributed by atoms with Gasteiger partial charge < -0.3 is 0 Å². The minimum absolute atomic E-state index is 0.647. The highest BCUT2D eigenvalue weighted by molar-refractivity contribution is 5.31. The predicted octanol–water partition coefficient (Wildman–Crippen LogP) is 8.50. The molecular formula is C24H42. The Labute approximate surface area is 153 Å². The lowest BCUT2D eigenvalue weighted by molar-refractivity contribution is 0.864. The van der Waals surface area contributed by atoms with Gasteiger partial charge in [-0.25, -0.2) is 0 Å². The molecule has 0 bridgehead atoms. The Morgan fingerprint density at radius 3 is 1.33 bits per heavy atom. The van der Waals surface area contributed by atoms with Gasteiger partial charge in [-0.1, -0.05) is 109 Å². The predicted molar refractivity (Wildman–Crippen MR) is 115 cm³/mol. The van der Waals surface area contributed by atoms with Crippen LogP contribution in [0.5, 0.6) is 0 Å². The van der Waals surface area contributed by atoms with Crippen LogP contribution in [0.4, 0.5) is 0 Å². The third-order valence-corrected chi connectivity index (χ3v) is 3.14. The van der Waals surface area contributed by atoms with Crippen LogP contribution in [-0.4, -0.2) is 0 Å². The zero-order valence-electron chi connectivity index (χ0n) is 18.2. The summed E-state index contributed by atoms with van der Waals surface area (Å²) in [7, 11) is 0. The summed E-state index contributed by atoms with van der Waals surface area (Å²) >= 11 is 0. The molecule has 0 N–H and O–H groups in total. The first-order valence-corrected chi connectivity index (χ1v) is 9.59. The van der Waals surface area contributed by atoms with Crippen molar-refractivity contribution >= 4 is 0 Å². The molecule has 0 nitrogen and oxygen atoms in total.